The molecule has 0 saturated heterocycles. The molecule has 2 amide bonds. The van der Waals surface area contributed by atoms with Gasteiger partial charge in [-0.15, -0.1) is 0 Å². The van der Waals surface area contributed by atoms with Crippen LogP contribution in [0.3, 0.4) is 0 Å². The van der Waals surface area contributed by atoms with Crippen LogP contribution in [0.2, 0.25) is 0 Å². The van der Waals surface area contributed by atoms with Gasteiger partial charge in [0.15, 0.2) is 11.2 Å². The van der Waals surface area contributed by atoms with Crippen molar-refractivity contribution < 1.29 is 23.1 Å². The van der Waals surface area contributed by atoms with Crippen molar-refractivity contribution in [2.24, 2.45) is 5.73 Å². The van der Waals surface area contributed by atoms with Gasteiger partial charge in [-0.25, -0.2) is 23.4 Å². The number of carbonyl (C=O) groups excluding carboxylic acids is 2. The Balaban J connectivity index is 1.77. The van der Waals surface area contributed by atoms with E-state index in [0.29, 0.717) is 5.56 Å². The number of halogens is 2. The van der Waals surface area contributed by atoms with Crippen LogP contribution in [-0.4, -0.2) is 37.9 Å². The summed E-state index contributed by atoms with van der Waals surface area (Å²) in [6, 6.07) is 6.08. The van der Waals surface area contributed by atoms with Crippen molar-refractivity contribution in [3.63, 3.8) is 0 Å². The van der Waals surface area contributed by atoms with E-state index in [0.717, 1.165) is 5.56 Å². The first kappa shape index (κ1) is 22.1. The lowest BCUT2D eigenvalue weighted by molar-refractivity contribution is -0.131. The SMILES string of the molecule is Cc1ccc(Cn2nc(-c3nc(N)c4c(n3)NC(=O)C4(C)C(N)=O)cc2OC(C)F)c(F)c1. The van der Waals surface area contributed by atoms with Crippen LogP contribution in [0.1, 0.15) is 30.5 Å². The molecule has 172 valence electrons. The minimum Gasteiger partial charge on any atom is -0.444 e. The lowest BCUT2D eigenvalue weighted by Gasteiger charge is -2.18. The monoisotopic (exact) mass is 457 g/mol. The molecule has 0 fully saturated rings. The van der Waals surface area contributed by atoms with E-state index in [4.69, 9.17) is 16.2 Å². The second-order valence-corrected chi connectivity index (χ2v) is 7.88. The highest BCUT2D eigenvalue weighted by Crippen LogP contribution is 2.40. The van der Waals surface area contributed by atoms with Crippen molar-refractivity contribution in [3.8, 4) is 17.4 Å². The maximum atomic E-state index is 14.4. The number of fused-ring (bicyclic) bond motifs is 1. The fourth-order valence-corrected chi connectivity index (χ4v) is 3.58. The van der Waals surface area contributed by atoms with Gasteiger partial charge < -0.3 is 21.5 Å². The maximum absolute atomic E-state index is 14.4. The largest absolute Gasteiger partial charge is 0.444 e. The summed E-state index contributed by atoms with van der Waals surface area (Å²) in [7, 11) is 0. The Bertz CT molecular complexity index is 1290. The molecule has 3 aromatic rings. The first-order valence-corrected chi connectivity index (χ1v) is 9.94. The third-order valence-corrected chi connectivity index (χ3v) is 5.40. The highest BCUT2D eigenvalue weighted by molar-refractivity contribution is 6.20. The smallest absolute Gasteiger partial charge is 0.245 e. The Hall–Kier alpha value is -4.09. The molecule has 10 nitrogen and oxygen atoms in total. The number of nitrogen functional groups attached to an aromatic ring is 1. The first-order chi connectivity index (χ1) is 15.5. The maximum Gasteiger partial charge on any atom is 0.245 e. The zero-order chi connectivity index (χ0) is 24.1. The molecule has 0 bridgehead atoms. The molecule has 3 heterocycles. The van der Waals surface area contributed by atoms with Crippen LogP contribution in [0.15, 0.2) is 24.3 Å². The predicted molar refractivity (Wildman–Crippen MR) is 114 cm³/mol. The van der Waals surface area contributed by atoms with Gasteiger partial charge >= 0.3 is 0 Å². The number of primary amides is 1. The summed E-state index contributed by atoms with van der Waals surface area (Å²) >= 11 is 0. The van der Waals surface area contributed by atoms with Gasteiger partial charge in [0.25, 0.3) is 0 Å². The highest BCUT2D eigenvalue weighted by atomic mass is 19.1. The summed E-state index contributed by atoms with van der Waals surface area (Å²) in [6.07, 6.45) is -1.67. The van der Waals surface area contributed by atoms with E-state index >= 15 is 0 Å². The van der Waals surface area contributed by atoms with E-state index < -0.39 is 29.4 Å². The van der Waals surface area contributed by atoms with Gasteiger partial charge in [0.1, 0.15) is 23.1 Å². The third-order valence-electron chi connectivity index (χ3n) is 5.40. The molecule has 12 heteroatoms. The zero-order valence-corrected chi connectivity index (χ0v) is 18.0. The minimum atomic E-state index is -1.72. The number of benzene rings is 1. The van der Waals surface area contributed by atoms with Crippen molar-refractivity contribution in [1.82, 2.24) is 19.7 Å². The quantitative estimate of drug-likeness (QED) is 0.478. The number of alkyl halides is 1. The highest BCUT2D eigenvalue weighted by Gasteiger charge is 2.51. The van der Waals surface area contributed by atoms with E-state index in [1.807, 2.05) is 0 Å². The van der Waals surface area contributed by atoms with Gasteiger partial charge in [-0.1, -0.05) is 12.1 Å². The average molecular weight is 457 g/mol. The summed E-state index contributed by atoms with van der Waals surface area (Å²) in [4.78, 5) is 32.7. The van der Waals surface area contributed by atoms with Crippen LogP contribution in [0.5, 0.6) is 5.88 Å². The lowest BCUT2D eigenvalue weighted by atomic mass is 9.84. The summed E-state index contributed by atoms with van der Waals surface area (Å²) < 4.78 is 34.4. The average Bonchev–Trinajstić information content (AvgIpc) is 3.22. The normalized spacial score (nSPS) is 18.0. The lowest BCUT2D eigenvalue weighted by Crippen LogP contribution is -2.44. The molecule has 0 spiro atoms. The van der Waals surface area contributed by atoms with Gasteiger partial charge in [0.05, 0.1) is 12.1 Å². The number of ether oxygens (including phenoxy) is 1. The Morgan fingerprint density at radius 2 is 2.06 bits per heavy atom. The summed E-state index contributed by atoms with van der Waals surface area (Å²) in [5.74, 6) is -2.16. The Kier molecular flexibility index (Phi) is 5.23. The fourth-order valence-electron chi connectivity index (χ4n) is 3.58. The second kappa shape index (κ2) is 7.80. The number of nitrogens with two attached hydrogens (primary N) is 2. The van der Waals surface area contributed by atoms with Crippen LogP contribution in [0.25, 0.3) is 11.5 Å². The minimum absolute atomic E-state index is 0.00801. The van der Waals surface area contributed by atoms with E-state index in [2.05, 4.69) is 20.4 Å². The van der Waals surface area contributed by atoms with E-state index in [-0.39, 0.29) is 41.1 Å². The van der Waals surface area contributed by atoms with E-state index in [1.165, 1.54) is 30.7 Å². The predicted octanol–water partition coefficient (Wildman–Crippen LogP) is 1.81. The number of amides is 2. The molecule has 5 N–H and O–H groups in total. The van der Waals surface area contributed by atoms with Gasteiger partial charge in [-0.3, -0.25) is 9.59 Å². The van der Waals surface area contributed by atoms with Crippen molar-refractivity contribution in [3.05, 3.63) is 46.8 Å². The summed E-state index contributed by atoms with van der Waals surface area (Å²) in [6.45, 7) is 4.23. The van der Waals surface area contributed by atoms with Crippen LogP contribution >= 0.6 is 0 Å². The number of anilines is 2. The van der Waals surface area contributed by atoms with Crippen molar-refractivity contribution in [2.75, 3.05) is 11.1 Å². The molecular formula is C21H21F2N7O3. The topological polar surface area (TPSA) is 151 Å². The second-order valence-electron chi connectivity index (χ2n) is 7.88. The number of nitrogens with one attached hydrogen (secondary N) is 1. The van der Waals surface area contributed by atoms with Gasteiger partial charge in [-0.05, 0) is 25.5 Å². The van der Waals surface area contributed by atoms with E-state index in [9.17, 15) is 18.4 Å². The number of hydrogen-bond acceptors (Lipinski definition) is 7. The Morgan fingerprint density at radius 3 is 2.70 bits per heavy atom. The van der Waals surface area contributed by atoms with Crippen LogP contribution < -0.4 is 21.5 Å². The zero-order valence-electron chi connectivity index (χ0n) is 18.0. The number of hydrogen-bond donors (Lipinski definition) is 3. The molecule has 1 aromatic carbocycles. The van der Waals surface area contributed by atoms with Gasteiger partial charge in [0, 0.05) is 18.6 Å². The van der Waals surface area contributed by atoms with Crippen molar-refractivity contribution in [2.45, 2.75) is 39.1 Å². The molecule has 0 radical (unpaired) electrons. The number of rotatable bonds is 6. The Morgan fingerprint density at radius 1 is 1.33 bits per heavy atom. The fraction of sp³-hybridized carbons (Fsp3) is 0.286. The number of aryl methyl sites for hydroxylation is 1. The van der Waals surface area contributed by atoms with Gasteiger partial charge in [0.2, 0.25) is 24.1 Å². The number of nitrogens with zero attached hydrogens (tertiary/aromatic N) is 4. The van der Waals surface area contributed by atoms with E-state index in [1.54, 1.807) is 19.1 Å². The Labute approximate surface area is 187 Å². The standard InChI is InChI=1S/C21H21F2N7O3/c1-9-4-5-11(12(23)6-9)8-30-14(33-10(2)22)7-13(29-30)17-26-16(24)15-18(27-17)28-20(32)21(15,3)19(25)31/h4-7,10H,8H2,1-3H3,(H2,25,31)(H3,24,26,27,28,32). The molecular weight excluding hydrogens is 436 g/mol. The van der Waals surface area contributed by atoms with Crippen molar-refractivity contribution >= 4 is 23.5 Å². The molecule has 0 aliphatic carbocycles. The molecule has 1 aliphatic rings. The number of carbonyl (C=O) groups is 2. The number of aromatic nitrogens is 4. The molecule has 4 rings (SSSR count). The molecule has 2 atom stereocenters. The summed E-state index contributed by atoms with van der Waals surface area (Å²) in [5.41, 5.74) is 11.0. The molecule has 0 saturated carbocycles. The van der Waals surface area contributed by atoms with Gasteiger partial charge in [-0.2, -0.15) is 5.10 Å². The first-order valence-electron chi connectivity index (χ1n) is 9.94. The molecule has 33 heavy (non-hydrogen) atoms. The summed E-state index contributed by atoms with van der Waals surface area (Å²) in [5, 5.41) is 6.80. The third kappa shape index (κ3) is 3.73. The molecule has 2 aromatic heterocycles. The van der Waals surface area contributed by atoms with Crippen LogP contribution in [0.4, 0.5) is 20.4 Å². The molecule has 1 aliphatic heterocycles. The van der Waals surface area contributed by atoms with Crippen LogP contribution in [-0.2, 0) is 21.5 Å². The van der Waals surface area contributed by atoms with Crippen LogP contribution in [0, 0.1) is 12.7 Å². The van der Waals surface area contributed by atoms with Crippen molar-refractivity contribution in [1.29, 1.82) is 0 Å². The molecule has 2 unspecified atom stereocenters.